The lowest BCUT2D eigenvalue weighted by Gasteiger charge is -2.30. The molecule has 0 saturated carbocycles. The zero-order valence-corrected chi connectivity index (χ0v) is 15.3. The van der Waals surface area contributed by atoms with Crippen molar-refractivity contribution in [3.8, 4) is 11.8 Å². The number of hydrogen-bond donors (Lipinski definition) is 1. The maximum absolute atomic E-state index is 12.4. The second-order valence-electron chi connectivity index (χ2n) is 5.12. The van der Waals surface area contributed by atoms with Gasteiger partial charge in [-0.05, 0) is 32.0 Å². The molecule has 0 bridgehead atoms. The molecule has 1 heterocycles. The summed E-state index contributed by atoms with van der Waals surface area (Å²) in [5.41, 5.74) is 6.32. The van der Waals surface area contributed by atoms with Gasteiger partial charge in [-0.3, -0.25) is 4.79 Å². The van der Waals surface area contributed by atoms with E-state index < -0.39 is 23.8 Å². The predicted octanol–water partition coefficient (Wildman–Crippen LogP) is 2.36. The van der Waals surface area contributed by atoms with Gasteiger partial charge in [0.05, 0.1) is 25.2 Å². The number of carbonyl (C=O) groups is 2. The van der Waals surface area contributed by atoms with E-state index in [9.17, 15) is 14.9 Å². The molecule has 132 valence electrons. The van der Waals surface area contributed by atoms with E-state index in [-0.39, 0.29) is 24.7 Å². The van der Waals surface area contributed by atoms with Crippen LogP contribution >= 0.6 is 15.9 Å². The van der Waals surface area contributed by atoms with Gasteiger partial charge < -0.3 is 19.9 Å². The van der Waals surface area contributed by atoms with Gasteiger partial charge in [-0.1, -0.05) is 15.9 Å². The molecule has 0 spiro atoms. The third-order valence-corrected chi connectivity index (χ3v) is 4.10. The summed E-state index contributed by atoms with van der Waals surface area (Å²) in [6, 6.07) is 6.96. The number of benzene rings is 1. The Bertz CT molecular complexity index is 769. The molecule has 2 N–H and O–H groups in total. The minimum atomic E-state index is -1.27. The Hall–Kier alpha value is -2.53. The van der Waals surface area contributed by atoms with Gasteiger partial charge in [0, 0.05) is 10.0 Å². The first kappa shape index (κ1) is 18.8. The molecule has 8 heteroatoms. The van der Waals surface area contributed by atoms with E-state index >= 15 is 0 Å². The highest BCUT2D eigenvalue weighted by Crippen LogP contribution is 2.44. The first-order valence-corrected chi connectivity index (χ1v) is 8.44. The topological polar surface area (TPSA) is 112 Å². The van der Waals surface area contributed by atoms with Crippen LogP contribution in [0.15, 0.2) is 34.1 Å². The fraction of sp³-hybridized carbons (Fsp3) is 0.353. The van der Waals surface area contributed by atoms with Gasteiger partial charge in [-0.15, -0.1) is 0 Å². The van der Waals surface area contributed by atoms with Gasteiger partial charge in [-0.2, -0.15) is 5.26 Å². The average Bonchev–Trinajstić information content (AvgIpc) is 2.56. The maximum atomic E-state index is 12.4. The summed E-state index contributed by atoms with van der Waals surface area (Å²) in [6.45, 7) is 3.51. The van der Waals surface area contributed by atoms with Crippen molar-refractivity contribution in [1.29, 1.82) is 5.26 Å². The molecule has 25 heavy (non-hydrogen) atoms. The number of nitriles is 1. The third kappa shape index (κ3) is 3.77. The van der Waals surface area contributed by atoms with Gasteiger partial charge in [-0.25, -0.2) is 4.79 Å². The summed E-state index contributed by atoms with van der Waals surface area (Å²) in [6.07, 6.45) is 0. The Kier molecular flexibility index (Phi) is 6.04. The normalized spacial score (nSPS) is 17.0. The van der Waals surface area contributed by atoms with Crippen LogP contribution in [0.3, 0.4) is 0 Å². The van der Waals surface area contributed by atoms with Crippen molar-refractivity contribution in [3.63, 3.8) is 0 Å². The van der Waals surface area contributed by atoms with E-state index in [2.05, 4.69) is 15.9 Å². The van der Waals surface area contributed by atoms with Crippen LogP contribution in [0.5, 0.6) is 5.75 Å². The number of halogens is 1. The molecule has 1 aromatic rings. The molecular formula is C17H17BrN2O5. The second kappa shape index (κ2) is 8.03. The number of nitrogens with zero attached hydrogens (tertiary/aromatic N) is 1. The predicted molar refractivity (Wildman–Crippen MR) is 91.1 cm³/mol. The monoisotopic (exact) mass is 408 g/mol. The molecule has 1 aliphatic rings. The van der Waals surface area contributed by atoms with Crippen molar-refractivity contribution >= 4 is 27.9 Å². The molecule has 2 rings (SSSR count). The highest BCUT2D eigenvalue weighted by molar-refractivity contribution is 9.10. The minimum absolute atomic E-state index is 0.0629. The van der Waals surface area contributed by atoms with E-state index in [1.54, 1.807) is 32.0 Å². The highest BCUT2D eigenvalue weighted by Gasteiger charge is 2.43. The van der Waals surface area contributed by atoms with Crippen LogP contribution < -0.4 is 10.5 Å². The Balaban J connectivity index is 2.63. The van der Waals surface area contributed by atoms with Crippen molar-refractivity contribution in [2.24, 2.45) is 11.7 Å². The first-order chi connectivity index (χ1) is 11.9. The number of ether oxygens (including phenoxy) is 3. The summed E-state index contributed by atoms with van der Waals surface area (Å²) >= 11 is 3.34. The lowest BCUT2D eigenvalue weighted by Crippen LogP contribution is -2.33. The number of fused-ring (bicyclic) bond motifs is 1. The largest absolute Gasteiger partial charge is 0.465 e. The standard InChI is InChI=1S/C17H17BrN2O5/c1-3-23-16(21)11(8-19)13-10-7-9(18)5-6-12(10)25-15(20)14(13)17(22)24-4-2/h5-7,11,13H,3-4,20H2,1-2H3/t11-,13?/m0/s1. The minimum Gasteiger partial charge on any atom is -0.465 e. The second-order valence-corrected chi connectivity index (χ2v) is 6.03. The van der Waals surface area contributed by atoms with Crippen molar-refractivity contribution in [1.82, 2.24) is 0 Å². The first-order valence-electron chi connectivity index (χ1n) is 7.64. The van der Waals surface area contributed by atoms with Gasteiger partial charge in [0.15, 0.2) is 5.92 Å². The quantitative estimate of drug-likeness (QED) is 0.743. The number of nitrogens with two attached hydrogens (primary N) is 1. The Morgan fingerprint density at radius 3 is 2.64 bits per heavy atom. The molecule has 0 radical (unpaired) electrons. The smallest absolute Gasteiger partial charge is 0.340 e. The van der Waals surface area contributed by atoms with Gasteiger partial charge in [0.25, 0.3) is 0 Å². The zero-order chi connectivity index (χ0) is 18.6. The molecule has 0 fully saturated rings. The number of hydrogen-bond acceptors (Lipinski definition) is 7. The zero-order valence-electron chi connectivity index (χ0n) is 13.7. The fourth-order valence-corrected chi connectivity index (χ4v) is 2.99. The van der Waals surface area contributed by atoms with Gasteiger partial charge in [0.2, 0.25) is 5.88 Å². The van der Waals surface area contributed by atoms with Gasteiger partial charge in [0.1, 0.15) is 11.3 Å². The number of esters is 2. The summed E-state index contributed by atoms with van der Waals surface area (Å²) in [4.78, 5) is 24.7. The van der Waals surface area contributed by atoms with Crippen LogP contribution in [0, 0.1) is 17.2 Å². The molecule has 0 saturated heterocycles. The van der Waals surface area contributed by atoms with Crippen LogP contribution in [0.25, 0.3) is 0 Å². The van der Waals surface area contributed by atoms with Crippen molar-refractivity contribution in [3.05, 3.63) is 39.7 Å². The Labute approximate surface area is 153 Å². The molecule has 1 unspecified atom stereocenters. The number of rotatable bonds is 5. The molecule has 1 aromatic carbocycles. The van der Waals surface area contributed by atoms with Crippen LogP contribution in [-0.2, 0) is 19.1 Å². The summed E-state index contributed by atoms with van der Waals surface area (Å²) < 4.78 is 16.2. The Morgan fingerprint density at radius 1 is 1.36 bits per heavy atom. The Morgan fingerprint density at radius 2 is 2.04 bits per heavy atom. The van der Waals surface area contributed by atoms with E-state index in [0.717, 1.165) is 0 Å². The molecule has 1 aliphatic heterocycles. The lowest BCUT2D eigenvalue weighted by molar-refractivity contribution is -0.146. The van der Waals surface area contributed by atoms with Gasteiger partial charge >= 0.3 is 11.9 Å². The molecule has 0 amide bonds. The van der Waals surface area contributed by atoms with E-state index in [1.165, 1.54) is 0 Å². The van der Waals surface area contributed by atoms with Crippen LogP contribution in [0.4, 0.5) is 0 Å². The number of carbonyl (C=O) groups excluding carboxylic acids is 2. The third-order valence-electron chi connectivity index (χ3n) is 3.61. The fourth-order valence-electron chi connectivity index (χ4n) is 2.62. The van der Waals surface area contributed by atoms with Crippen molar-refractivity contribution < 1.29 is 23.8 Å². The molecular weight excluding hydrogens is 392 g/mol. The van der Waals surface area contributed by atoms with Crippen LogP contribution in [0.2, 0.25) is 0 Å². The maximum Gasteiger partial charge on any atom is 0.340 e. The van der Waals surface area contributed by atoms with Crippen molar-refractivity contribution in [2.45, 2.75) is 19.8 Å². The highest BCUT2D eigenvalue weighted by atomic mass is 79.9. The van der Waals surface area contributed by atoms with E-state index in [0.29, 0.717) is 15.8 Å². The average molecular weight is 409 g/mol. The van der Waals surface area contributed by atoms with Crippen LogP contribution in [-0.4, -0.2) is 25.2 Å². The molecule has 2 atom stereocenters. The molecule has 7 nitrogen and oxygen atoms in total. The molecule has 0 aliphatic carbocycles. The van der Waals surface area contributed by atoms with Crippen LogP contribution in [0.1, 0.15) is 25.3 Å². The summed E-state index contributed by atoms with van der Waals surface area (Å²) in [5, 5.41) is 9.57. The molecule has 0 aromatic heterocycles. The van der Waals surface area contributed by atoms with E-state index in [1.807, 2.05) is 6.07 Å². The summed E-state index contributed by atoms with van der Waals surface area (Å²) in [5.74, 6) is -3.53. The van der Waals surface area contributed by atoms with E-state index in [4.69, 9.17) is 19.9 Å². The van der Waals surface area contributed by atoms with Crippen molar-refractivity contribution in [2.75, 3.05) is 13.2 Å². The lowest BCUT2D eigenvalue weighted by atomic mass is 9.79. The summed E-state index contributed by atoms with van der Waals surface area (Å²) in [7, 11) is 0. The SMILES string of the molecule is CCOC(=O)C1=C(N)Oc2ccc(Br)cc2C1[C@H](C#N)C(=O)OCC.